The van der Waals surface area contributed by atoms with Crippen molar-refractivity contribution in [3.05, 3.63) is 114 Å². The van der Waals surface area contributed by atoms with Gasteiger partial charge in [0.05, 0.1) is 0 Å². The molecule has 0 saturated carbocycles. The second kappa shape index (κ2) is 10.5. The summed E-state index contributed by atoms with van der Waals surface area (Å²) in [5.74, 6) is -1.12. The molecule has 0 bridgehead atoms. The number of nitrogens with zero attached hydrogens (tertiary/aromatic N) is 2. The number of benzene rings is 3. The van der Waals surface area contributed by atoms with Gasteiger partial charge in [-0.15, -0.1) is 0 Å². The van der Waals surface area contributed by atoms with Gasteiger partial charge in [-0.05, 0) is 46.6 Å². The Morgan fingerprint density at radius 2 is 1.57 bits per heavy atom. The predicted octanol–water partition coefficient (Wildman–Crippen LogP) is 5.63. The van der Waals surface area contributed by atoms with E-state index in [1.54, 1.807) is 6.92 Å². The van der Waals surface area contributed by atoms with Gasteiger partial charge in [0.1, 0.15) is 22.8 Å². The first kappa shape index (κ1) is 25.2. The van der Waals surface area contributed by atoms with Crippen molar-refractivity contribution in [1.29, 1.82) is 0 Å². The summed E-state index contributed by atoms with van der Waals surface area (Å²) in [7, 11) is 2.88. The molecule has 1 fully saturated rings. The van der Waals surface area contributed by atoms with Gasteiger partial charge in [-0.1, -0.05) is 96.2 Å². The van der Waals surface area contributed by atoms with E-state index in [9.17, 15) is 14.7 Å². The molecule has 1 N–H and O–H groups in total. The number of hydrogen-bond acceptors (Lipinski definition) is 6. The summed E-state index contributed by atoms with van der Waals surface area (Å²) in [5.41, 5.74) is 1.05. The van der Waals surface area contributed by atoms with Crippen molar-refractivity contribution >= 4 is 38.5 Å². The zero-order valence-electron chi connectivity index (χ0n) is 20.2. The summed E-state index contributed by atoms with van der Waals surface area (Å²) >= 11 is 0. The van der Waals surface area contributed by atoms with E-state index >= 15 is 0 Å². The lowest BCUT2D eigenvalue weighted by Crippen LogP contribution is -2.77. The van der Waals surface area contributed by atoms with E-state index in [0.717, 1.165) is 11.1 Å². The summed E-state index contributed by atoms with van der Waals surface area (Å²) in [5, 5.41) is 10.2. The molecule has 188 valence electrons. The van der Waals surface area contributed by atoms with Crippen LogP contribution in [0.5, 0.6) is 5.75 Å². The monoisotopic (exact) mass is 530 g/mol. The summed E-state index contributed by atoms with van der Waals surface area (Å²) in [6, 6.07) is 28.0. The van der Waals surface area contributed by atoms with Crippen LogP contribution in [0.2, 0.25) is 0 Å². The van der Waals surface area contributed by atoms with Gasteiger partial charge in [-0.3, -0.25) is 9.79 Å². The summed E-state index contributed by atoms with van der Waals surface area (Å²) < 4.78 is 5.98. The molecule has 2 heterocycles. The lowest BCUT2D eigenvalue weighted by molar-refractivity contribution is -0.165. The van der Waals surface area contributed by atoms with Crippen molar-refractivity contribution in [3.63, 3.8) is 0 Å². The van der Waals surface area contributed by atoms with Crippen molar-refractivity contribution in [2.24, 2.45) is 4.99 Å². The van der Waals surface area contributed by atoms with Gasteiger partial charge in [-0.25, -0.2) is 4.79 Å². The Morgan fingerprint density at radius 3 is 2.08 bits per heavy atom. The van der Waals surface area contributed by atoms with Gasteiger partial charge in [-0.2, -0.15) is 0 Å². The SMILES string of the molecule is C=C(C)C(C(=O)O)N1C(=O)C2(C(c3ccccc3)c3ccccc3)N=C(COc3ccccc3)SSC12. The molecule has 8 heteroatoms. The average molecular weight is 531 g/mol. The van der Waals surface area contributed by atoms with E-state index < -0.39 is 28.8 Å². The van der Waals surface area contributed by atoms with E-state index in [2.05, 4.69) is 6.58 Å². The van der Waals surface area contributed by atoms with E-state index in [1.807, 2.05) is 91.0 Å². The van der Waals surface area contributed by atoms with E-state index in [-0.39, 0.29) is 12.5 Å². The molecule has 3 unspecified atom stereocenters. The molecule has 5 rings (SSSR count). The summed E-state index contributed by atoms with van der Waals surface area (Å²) in [6.45, 7) is 5.72. The van der Waals surface area contributed by atoms with Gasteiger partial charge >= 0.3 is 5.97 Å². The maximum Gasteiger partial charge on any atom is 0.330 e. The minimum absolute atomic E-state index is 0.211. The van der Waals surface area contributed by atoms with Gasteiger partial charge in [0.15, 0.2) is 11.6 Å². The topological polar surface area (TPSA) is 79.2 Å². The van der Waals surface area contributed by atoms with Crippen LogP contribution in [-0.4, -0.2) is 50.5 Å². The van der Waals surface area contributed by atoms with Crippen molar-refractivity contribution in [3.8, 4) is 5.75 Å². The molecular formula is C29H26N2O4S2. The van der Waals surface area contributed by atoms with Gasteiger partial charge in [0, 0.05) is 5.92 Å². The molecule has 6 nitrogen and oxygen atoms in total. The number of hydrogen-bond donors (Lipinski definition) is 1. The van der Waals surface area contributed by atoms with E-state index in [4.69, 9.17) is 9.73 Å². The number of para-hydroxylation sites is 1. The van der Waals surface area contributed by atoms with Crippen molar-refractivity contribution in [2.45, 2.75) is 29.8 Å². The molecule has 0 spiro atoms. The van der Waals surface area contributed by atoms with Crippen LogP contribution in [0.4, 0.5) is 0 Å². The third-order valence-corrected chi connectivity index (χ3v) is 9.22. The standard InChI is InChI=1S/C29H26N2O4S2/c1-19(2)25(26(32)33)31-27(34)29(24(20-12-6-3-7-13-20)21-14-8-4-9-15-21)28(31)37-36-23(30-29)18-35-22-16-10-5-11-17-22/h3-17,24-25,28H,1,18H2,2H3,(H,32,33). The Labute approximate surface area is 223 Å². The number of carbonyl (C=O) groups is 2. The van der Waals surface area contributed by atoms with Gasteiger partial charge < -0.3 is 14.7 Å². The molecule has 2 aliphatic heterocycles. The molecule has 3 aromatic carbocycles. The highest BCUT2D eigenvalue weighted by Crippen LogP contribution is 2.58. The molecule has 1 amide bonds. The van der Waals surface area contributed by atoms with Crippen LogP contribution in [0, 0.1) is 0 Å². The number of rotatable bonds is 9. The average Bonchev–Trinajstić information content (AvgIpc) is 2.92. The molecule has 0 radical (unpaired) electrons. The number of fused-ring (bicyclic) bond motifs is 1. The number of β-lactam (4-membered cyclic amide) rings is 1. The Morgan fingerprint density at radius 1 is 1.03 bits per heavy atom. The zero-order chi connectivity index (χ0) is 26.0. The lowest BCUT2D eigenvalue weighted by atomic mass is 9.69. The highest BCUT2D eigenvalue weighted by atomic mass is 33.1. The first-order chi connectivity index (χ1) is 17.9. The van der Waals surface area contributed by atoms with Gasteiger partial charge in [0.2, 0.25) is 0 Å². The van der Waals surface area contributed by atoms with Crippen molar-refractivity contribution in [1.82, 2.24) is 4.90 Å². The van der Waals surface area contributed by atoms with E-state index in [1.165, 1.54) is 26.5 Å². The fraction of sp³-hybridized carbons (Fsp3) is 0.207. The Bertz CT molecular complexity index is 1280. The minimum Gasteiger partial charge on any atom is -0.487 e. The number of likely N-dealkylation sites (tertiary alicyclic amines) is 1. The first-order valence-corrected chi connectivity index (χ1v) is 14.1. The normalized spacial score (nSPS) is 21.5. The number of aliphatic carboxylic acids is 1. The summed E-state index contributed by atoms with van der Waals surface area (Å²) in [4.78, 5) is 33.0. The van der Waals surface area contributed by atoms with Crippen LogP contribution in [-0.2, 0) is 9.59 Å². The number of aliphatic imine (C=N–C) groups is 1. The minimum atomic E-state index is -1.23. The number of amides is 1. The van der Waals surface area contributed by atoms with Crippen LogP contribution in [0.3, 0.4) is 0 Å². The molecule has 0 aromatic heterocycles. The number of ether oxygens (including phenoxy) is 1. The van der Waals surface area contributed by atoms with Crippen molar-refractivity contribution < 1.29 is 19.4 Å². The molecule has 3 aromatic rings. The maximum absolute atomic E-state index is 14.2. The number of carboxylic acids is 1. The highest BCUT2D eigenvalue weighted by Gasteiger charge is 2.69. The van der Waals surface area contributed by atoms with Crippen LogP contribution < -0.4 is 4.74 Å². The van der Waals surface area contributed by atoms with Crippen LogP contribution in [0.1, 0.15) is 24.0 Å². The molecule has 3 atom stereocenters. The molecule has 2 aliphatic rings. The molecule has 1 saturated heterocycles. The van der Waals surface area contributed by atoms with Crippen LogP contribution >= 0.6 is 21.6 Å². The lowest BCUT2D eigenvalue weighted by Gasteiger charge is -2.59. The molecular weight excluding hydrogens is 504 g/mol. The fourth-order valence-corrected chi connectivity index (χ4v) is 7.80. The number of carbonyl (C=O) groups excluding carboxylic acids is 1. The maximum atomic E-state index is 14.2. The largest absolute Gasteiger partial charge is 0.487 e. The molecule has 37 heavy (non-hydrogen) atoms. The third-order valence-electron chi connectivity index (χ3n) is 6.54. The zero-order valence-corrected chi connectivity index (χ0v) is 21.8. The Kier molecular flexibility index (Phi) is 7.13. The van der Waals surface area contributed by atoms with E-state index in [0.29, 0.717) is 16.4 Å². The predicted molar refractivity (Wildman–Crippen MR) is 149 cm³/mol. The Hall–Kier alpha value is -3.49. The second-order valence-electron chi connectivity index (χ2n) is 9.02. The highest BCUT2D eigenvalue weighted by molar-refractivity contribution is 8.82. The quantitative estimate of drug-likeness (QED) is 0.220. The second-order valence-corrected chi connectivity index (χ2v) is 11.4. The smallest absolute Gasteiger partial charge is 0.330 e. The molecule has 0 aliphatic carbocycles. The van der Waals surface area contributed by atoms with Crippen molar-refractivity contribution in [2.75, 3.05) is 6.61 Å². The van der Waals surface area contributed by atoms with Gasteiger partial charge in [0.25, 0.3) is 5.91 Å². The fourth-order valence-electron chi connectivity index (χ4n) is 4.97. The third kappa shape index (κ3) is 4.55. The Balaban J connectivity index is 1.62. The number of carboxylic acid groups (broad SMARTS) is 1. The summed E-state index contributed by atoms with van der Waals surface area (Å²) in [6.07, 6.45) is 0. The van der Waals surface area contributed by atoms with Crippen LogP contribution in [0.15, 0.2) is 108 Å². The first-order valence-electron chi connectivity index (χ1n) is 11.8. The van der Waals surface area contributed by atoms with Crippen LogP contribution in [0.25, 0.3) is 0 Å².